The highest BCUT2D eigenvalue weighted by Crippen LogP contribution is 2.34. The molecule has 0 aliphatic carbocycles. The Balaban J connectivity index is 1.73. The third kappa shape index (κ3) is 1.74. The standard InChI is InChI=1S/C9H16O2/c1-3-7(9-5-10-9)4-8-6(2)11-8/h6-9H,3-5H2,1-2H3. The van der Waals surface area contributed by atoms with Crippen LogP contribution >= 0.6 is 0 Å². The Morgan fingerprint density at radius 1 is 1.55 bits per heavy atom. The highest BCUT2D eigenvalue weighted by Gasteiger charge is 2.40. The van der Waals surface area contributed by atoms with Crippen LogP contribution in [0.3, 0.4) is 0 Å². The zero-order valence-electron chi connectivity index (χ0n) is 7.25. The second-order valence-electron chi connectivity index (χ2n) is 3.66. The summed E-state index contributed by atoms with van der Waals surface area (Å²) in [6.07, 6.45) is 4.07. The molecule has 4 unspecified atom stereocenters. The fraction of sp³-hybridized carbons (Fsp3) is 1.00. The van der Waals surface area contributed by atoms with Crippen LogP contribution in [0.1, 0.15) is 26.7 Å². The molecule has 64 valence electrons. The van der Waals surface area contributed by atoms with Crippen molar-refractivity contribution in [3.8, 4) is 0 Å². The topological polar surface area (TPSA) is 25.1 Å². The first-order valence-corrected chi connectivity index (χ1v) is 4.58. The monoisotopic (exact) mass is 156 g/mol. The van der Waals surface area contributed by atoms with Gasteiger partial charge in [0.1, 0.15) is 0 Å². The number of ether oxygens (including phenoxy) is 2. The molecule has 2 heterocycles. The van der Waals surface area contributed by atoms with E-state index in [0.717, 1.165) is 12.5 Å². The molecule has 2 rings (SSSR count). The first-order valence-electron chi connectivity index (χ1n) is 4.58. The maximum absolute atomic E-state index is 5.37. The Hall–Kier alpha value is -0.0800. The Labute approximate surface area is 67.9 Å². The van der Waals surface area contributed by atoms with E-state index < -0.39 is 0 Å². The molecule has 0 saturated carbocycles. The average Bonchev–Trinajstić information content (AvgIpc) is 2.81. The smallest absolute Gasteiger partial charge is 0.0842 e. The second-order valence-corrected chi connectivity index (χ2v) is 3.66. The number of rotatable bonds is 4. The van der Waals surface area contributed by atoms with Crippen molar-refractivity contribution in [2.75, 3.05) is 6.61 Å². The van der Waals surface area contributed by atoms with E-state index in [1.807, 2.05) is 0 Å². The first-order chi connectivity index (χ1) is 5.31. The summed E-state index contributed by atoms with van der Waals surface area (Å²) in [5.41, 5.74) is 0. The molecule has 2 aliphatic rings. The van der Waals surface area contributed by atoms with Crippen molar-refractivity contribution >= 4 is 0 Å². The van der Waals surface area contributed by atoms with Crippen molar-refractivity contribution in [1.82, 2.24) is 0 Å². The van der Waals surface area contributed by atoms with Gasteiger partial charge < -0.3 is 9.47 Å². The lowest BCUT2D eigenvalue weighted by Crippen LogP contribution is -2.10. The molecule has 0 aromatic rings. The van der Waals surface area contributed by atoms with E-state index in [9.17, 15) is 0 Å². The molecule has 0 aromatic carbocycles. The van der Waals surface area contributed by atoms with Gasteiger partial charge in [0.15, 0.2) is 0 Å². The summed E-state index contributed by atoms with van der Waals surface area (Å²) in [5.74, 6) is 0.755. The molecular formula is C9H16O2. The predicted octanol–water partition coefficient (Wildman–Crippen LogP) is 1.59. The van der Waals surface area contributed by atoms with Crippen molar-refractivity contribution in [1.29, 1.82) is 0 Å². The third-order valence-corrected chi connectivity index (χ3v) is 2.78. The summed E-state index contributed by atoms with van der Waals surface area (Å²) >= 11 is 0. The van der Waals surface area contributed by atoms with Crippen LogP contribution in [-0.2, 0) is 9.47 Å². The minimum Gasteiger partial charge on any atom is -0.373 e. The van der Waals surface area contributed by atoms with Crippen LogP contribution in [-0.4, -0.2) is 24.9 Å². The summed E-state index contributed by atoms with van der Waals surface area (Å²) in [7, 11) is 0. The number of epoxide rings is 2. The van der Waals surface area contributed by atoms with Gasteiger partial charge in [-0.1, -0.05) is 13.3 Å². The zero-order chi connectivity index (χ0) is 7.84. The third-order valence-electron chi connectivity index (χ3n) is 2.78. The van der Waals surface area contributed by atoms with Gasteiger partial charge in [-0.05, 0) is 19.3 Å². The molecule has 4 atom stereocenters. The van der Waals surface area contributed by atoms with Crippen molar-refractivity contribution in [2.24, 2.45) is 5.92 Å². The normalized spacial score (nSPS) is 43.6. The molecule has 2 aliphatic heterocycles. The number of hydrogen-bond donors (Lipinski definition) is 0. The highest BCUT2D eigenvalue weighted by molar-refractivity contribution is 4.88. The van der Waals surface area contributed by atoms with Crippen LogP contribution in [0, 0.1) is 5.92 Å². The first kappa shape index (κ1) is 7.56. The highest BCUT2D eigenvalue weighted by atomic mass is 16.6. The fourth-order valence-corrected chi connectivity index (χ4v) is 1.68. The molecule has 0 radical (unpaired) electrons. The maximum atomic E-state index is 5.37. The molecule has 0 amide bonds. The minimum atomic E-state index is 0.516. The summed E-state index contributed by atoms with van der Waals surface area (Å²) in [5, 5.41) is 0. The lowest BCUT2D eigenvalue weighted by Gasteiger charge is -2.08. The molecule has 2 saturated heterocycles. The Kier molecular flexibility index (Phi) is 1.90. The molecular weight excluding hydrogens is 140 g/mol. The lowest BCUT2D eigenvalue weighted by molar-refractivity contribution is 0.277. The summed E-state index contributed by atoms with van der Waals surface area (Å²) < 4.78 is 10.6. The van der Waals surface area contributed by atoms with Gasteiger partial charge in [-0.15, -0.1) is 0 Å². The molecule has 2 fully saturated rings. The fourth-order valence-electron chi connectivity index (χ4n) is 1.68. The van der Waals surface area contributed by atoms with Gasteiger partial charge in [0, 0.05) is 0 Å². The van der Waals surface area contributed by atoms with Crippen LogP contribution in [0.2, 0.25) is 0 Å². The van der Waals surface area contributed by atoms with Crippen molar-refractivity contribution in [3.05, 3.63) is 0 Å². The Morgan fingerprint density at radius 2 is 2.18 bits per heavy atom. The van der Waals surface area contributed by atoms with Gasteiger partial charge in [-0.25, -0.2) is 0 Å². The summed E-state index contributed by atoms with van der Waals surface area (Å²) in [6.45, 7) is 5.37. The predicted molar refractivity (Wildman–Crippen MR) is 42.5 cm³/mol. The van der Waals surface area contributed by atoms with E-state index in [1.54, 1.807) is 0 Å². The molecule has 0 N–H and O–H groups in total. The van der Waals surface area contributed by atoms with Gasteiger partial charge in [0.05, 0.1) is 24.9 Å². The van der Waals surface area contributed by atoms with Crippen LogP contribution in [0.25, 0.3) is 0 Å². The molecule has 2 heteroatoms. The summed E-state index contributed by atoms with van der Waals surface area (Å²) in [4.78, 5) is 0. The number of hydrogen-bond acceptors (Lipinski definition) is 2. The van der Waals surface area contributed by atoms with Crippen molar-refractivity contribution < 1.29 is 9.47 Å². The van der Waals surface area contributed by atoms with Crippen LogP contribution in [0.5, 0.6) is 0 Å². The molecule has 0 bridgehead atoms. The van der Waals surface area contributed by atoms with E-state index in [-0.39, 0.29) is 0 Å². The summed E-state index contributed by atoms with van der Waals surface area (Å²) in [6, 6.07) is 0. The van der Waals surface area contributed by atoms with Crippen LogP contribution < -0.4 is 0 Å². The lowest BCUT2D eigenvalue weighted by atomic mass is 9.96. The SMILES string of the molecule is CCC(CC1OC1C)C1CO1. The average molecular weight is 156 g/mol. The van der Waals surface area contributed by atoms with Crippen molar-refractivity contribution in [3.63, 3.8) is 0 Å². The van der Waals surface area contributed by atoms with Crippen molar-refractivity contribution in [2.45, 2.75) is 45.0 Å². The maximum Gasteiger partial charge on any atom is 0.0842 e. The quantitative estimate of drug-likeness (QED) is 0.577. The van der Waals surface area contributed by atoms with E-state index in [2.05, 4.69) is 13.8 Å². The van der Waals surface area contributed by atoms with Gasteiger partial charge >= 0.3 is 0 Å². The van der Waals surface area contributed by atoms with E-state index in [4.69, 9.17) is 9.47 Å². The van der Waals surface area contributed by atoms with E-state index in [0.29, 0.717) is 18.3 Å². The van der Waals surface area contributed by atoms with Gasteiger partial charge in [0.2, 0.25) is 0 Å². The van der Waals surface area contributed by atoms with Gasteiger partial charge in [0.25, 0.3) is 0 Å². The van der Waals surface area contributed by atoms with E-state index in [1.165, 1.54) is 12.8 Å². The zero-order valence-corrected chi connectivity index (χ0v) is 7.25. The minimum absolute atomic E-state index is 0.516. The second kappa shape index (κ2) is 2.76. The Morgan fingerprint density at radius 3 is 2.55 bits per heavy atom. The van der Waals surface area contributed by atoms with Gasteiger partial charge in [-0.3, -0.25) is 0 Å². The molecule has 2 nitrogen and oxygen atoms in total. The van der Waals surface area contributed by atoms with E-state index >= 15 is 0 Å². The molecule has 11 heavy (non-hydrogen) atoms. The van der Waals surface area contributed by atoms with Gasteiger partial charge in [-0.2, -0.15) is 0 Å². The van der Waals surface area contributed by atoms with Crippen LogP contribution in [0.4, 0.5) is 0 Å². The largest absolute Gasteiger partial charge is 0.373 e. The van der Waals surface area contributed by atoms with Crippen LogP contribution in [0.15, 0.2) is 0 Å². The molecule has 0 spiro atoms. The molecule has 0 aromatic heterocycles. The Bertz CT molecular complexity index is 142.